The number of aromatic amines is 1. The fourth-order valence-electron chi connectivity index (χ4n) is 2.53. The van der Waals surface area contributed by atoms with Crippen LogP contribution in [0.4, 0.5) is 5.95 Å². The molecule has 0 unspecified atom stereocenters. The van der Waals surface area contributed by atoms with Crippen LogP contribution in [0.2, 0.25) is 0 Å². The number of amides is 3. The van der Waals surface area contributed by atoms with Gasteiger partial charge in [-0.15, -0.1) is 5.10 Å². The van der Waals surface area contributed by atoms with Crippen LogP contribution in [0.1, 0.15) is 40.5 Å². The van der Waals surface area contributed by atoms with E-state index < -0.39 is 0 Å². The minimum atomic E-state index is -0.308. The quantitative estimate of drug-likeness (QED) is 0.578. The maximum absolute atomic E-state index is 12.2. The fourth-order valence-corrected chi connectivity index (χ4v) is 3.05. The highest BCUT2D eigenvalue weighted by Crippen LogP contribution is 2.22. The number of anilines is 1. The molecule has 0 saturated carbocycles. The molecule has 25 heavy (non-hydrogen) atoms. The first-order chi connectivity index (χ1) is 12.1. The fraction of sp³-hybridized carbons (Fsp3) is 0.312. The number of fused-ring (bicyclic) bond motifs is 1. The lowest BCUT2D eigenvalue weighted by Gasteiger charge is -2.13. The summed E-state index contributed by atoms with van der Waals surface area (Å²) >= 11 is 1.47. The van der Waals surface area contributed by atoms with Crippen LogP contribution in [0.5, 0.6) is 0 Å². The van der Waals surface area contributed by atoms with Gasteiger partial charge in [-0.2, -0.15) is 4.98 Å². The number of H-pyrrole nitrogens is 1. The molecule has 1 aromatic carbocycles. The molecule has 2 aromatic rings. The molecule has 0 aliphatic carbocycles. The standard InChI is InChI=1S/C16H17N5O3S/c1-2-25-16-18-15(19-20-16)17-12(22)8-5-9-21-13(23)10-6-3-4-7-11(10)14(21)24/h3-4,6-7H,2,5,8-9H2,1H3,(H2,17,18,19,20,22). The lowest BCUT2D eigenvalue weighted by molar-refractivity contribution is -0.116. The van der Waals surface area contributed by atoms with Gasteiger partial charge in [0, 0.05) is 13.0 Å². The minimum Gasteiger partial charge on any atom is -0.295 e. The molecule has 2 N–H and O–H groups in total. The predicted octanol–water partition coefficient (Wildman–Crippen LogP) is 1.93. The van der Waals surface area contributed by atoms with Crippen LogP contribution >= 0.6 is 11.8 Å². The zero-order valence-electron chi connectivity index (χ0n) is 13.6. The molecule has 0 atom stereocenters. The summed E-state index contributed by atoms with van der Waals surface area (Å²) in [4.78, 5) is 41.7. The Kier molecular flexibility index (Phi) is 5.13. The van der Waals surface area contributed by atoms with Crippen LogP contribution in [-0.2, 0) is 4.79 Å². The maximum Gasteiger partial charge on any atom is 0.261 e. The van der Waals surface area contributed by atoms with Crippen LogP contribution in [0.25, 0.3) is 0 Å². The van der Waals surface area contributed by atoms with Gasteiger partial charge in [-0.25, -0.2) is 5.10 Å². The molecule has 0 spiro atoms. The van der Waals surface area contributed by atoms with E-state index in [1.54, 1.807) is 24.3 Å². The van der Waals surface area contributed by atoms with E-state index in [9.17, 15) is 14.4 Å². The molecule has 130 valence electrons. The van der Waals surface area contributed by atoms with Crippen LogP contribution < -0.4 is 5.32 Å². The largest absolute Gasteiger partial charge is 0.295 e. The number of carbonyl (C=O) groups is 3. The first-order valence-corrected chi connectivity index (χ1v) is 8.89. The van der Waals surface area contributed by atoms with Crippen molar-refractivity contribution in [3.8, 4) is 0 Å². The average Bonchev–Trinajstić information content (AvgIpc) is 3.13. The van der Waals surface area contributed by atoms with E-state index in [2.05, 4.69) is 20.5 Å². The van der Waals surface area contributed by atoms with Gasteiger partial charge in [-0.1, -0.05) is 30.8 Å². The van der Waals surface area contributed by atoms with Crippen molar-refractivity contribution in [2.24, 2.45) is 0 Å². The molecule has 0 fully saturated rings. The van der Waals surface area contributed by atoms with Crippen molar-refractivity contribution in [1.82, 2.24) is 20.1 Å². The van der Waals surface area contributed by atoms with E-state index in [0.717, 1.165) is 5.75 Å². The van der Waals surface area contributed by atoms with Gasteiger partial charge in [0.2, 0.25) is 17.0 Å². The molecule has 3 amide bonds. The summed E-state index contributed by atoms with van der Waals surface area (Å²) in [6, 6.07) is 6.73. The highest BCUT2D eigenvalue weighted by molar-refractivity contribution is 7.99. The molecular weight excluding hydrogens is 342 g/mol. The molecule has 2 heterocycles. The third-order valence-electron chi connectivity index (χ3n) is 3.66. The summed E-state index contributed by atoms with van der Waals surface area (Å²) in [5, 5.41) is 9.80. The second kappa shape index (κ2) is 7.47. The molecule has 3 rings (SSSR count). The van der Waals surface area contributed by atoms with Crippen molar-refractivity contribution in [2.75, 3.05) is 17.6 Å². The topological polar surface area (TPSA) is 108 Å². The van der Waals surface area contributed by atoms with Crippen LogP contribution in [-0.4, -0.2) is 50.1 Å². The van der Waals surface area contributed by atoms with Gasteiger partial charge in [0.15, 0.2) is 0 Å². The number of nitrogens with zero attached hydrogens (tertiary/aromatic N) is 3. The Morgan fingerprint density at radius 3 is 2.56 bits per heavy atom. The van der Waals surface area contributed by atoms with Gasteiger partial charge in [0.1, 0.15) is 0 Å². The third kappa shape index (κ3) is 3.71. The summed E-state index contributed by atoms with van der Waals surface area (Å²) in [6.07, 6.45) is 0.548. The van der Waals surface area contributed by atoms with Crippen molar-refractivity contribution in [3.05, 3.63) is 35.4 Å². The number of carbonyl (C=O) groups excluding carboxylic acids is 3. The highest BCUT2D eigenvalue weighted by Gasteiger charge is 2.34. The zero-order chi connectivity index (χ0) is 17.8. The predicted molar refractivity (Wildman–Crippen MR) is 92.5 cm³/mol. The molecule has 1 aromatic heterocycles. The second-order valence-electron chi connectivity index (χ2n) is 5.36. The molecule has 0 saturated heterocycles. The average molecular weight is 359 g/mol. The number of benzene rings is 1. The van der Waals surface area contributed by atoms with E-state index in [1.165, 1.54) is 16.7 Å². The van der Waals surface area contributed by atoms with Crippen molar-refractivity contribution >= 4 is 35.4 Å². The minimum absolute atomic E-state index is 0.171. The molecule has 0 radical (unpaired) electrons. The number of nitrogens with one attached hydrogen (secondary N) is 2. The van der Waals surface area contributed by atoms with Crippen LogP contribution in [0.15, 0.2) is 29.4 Å². The Hall–Kier alpha value is -2.68. The van der Waals surface area contributed by atoms with Crippen LogP contribution in [0.3, 0.4) is 0 Å². The third-order valence-corrected chi connectivity index (χ3v) is 4.39. The summed E-state index contributed by atoms with van der Waals surface area (Å²) in [7, 11) is 0. The Bertz CT molecular complexity index is 785. The van der Waals surface area contributed by atoms with Gasteiger partial charge < -0.3 is 0 Å². The summed E-state index contributed by atoms with van der Waals surface area (Å²) in [5.41, 5.74) is 0.833. The molecule has 1 aliphatic heterocycles. The lowest BCUT2D eigenvalue weighted by Crippen LogP contribution is -2.31. The van der Waals surface area contributed by atoms with Crippen molar-refractivity contribution in [2.45, 2.75) is 24.9 Å². The van der Waals surface area contributed by atoms with Gasteiger partial charge in [-0.05, 0) is 24.3 Å². The normalized spacial score (nSPS) is 13.2. The molecule has 1 aliphatic rings. The lowest BCUT2D eigenvalue weighted by atomic mass is 10.1. The summed E-state index contributed by atoms with van der Waals surface area (Å²) in [6.45, 7) is 2.19. The monoisotopic (exact) mass is 359 g/mol. The van der Waals surface area contributed by atoms with Gasteiger partial charge >= 0.3 is 0 Å². The number of thioether (sulfide) groups is 1. The smallest absolute Gasteiger partial charge is 0.261 e. The first kappa shape index (κ1) is 17.2. The number of aromatic nitrogens is 3. The Labute approximate surface area is 148 Å². The summed E-state index contributed by atoms with van der Waals surface area (Å²) in [5.74, 6) is 0.267. The van der Waals surface area contributed by atoms with Crippen molar-refractivity contribution in [1.29, 1.82) is 0 Å². The van der Waals surface area contributed by atoms with Crippen LogP contribution in [0, 0.1) is 0 Å². The maximum atomic E-state index is 12.2. The SMILES string of the molecule is CCSc1n[nH]c(NC(=O)CCCN2C(=O)c3ccccc3C2=O)n1. The van der Waals surface area contributed by atoms with E-state index >= 15 is 0 Å². The molecule has 0 bridgehead atoms. The summed E-state index contributed by atoms with van der Waals surface area (Å²) < 4.78 is 0. The Balaban J connectivity index is 1.49. The van der Waals surface area contributed by atoms with Gasteiger partial charge in [0.05, 0.1) is 11.1 Å². The van der Waals surface area contributed by atoms with Gasteiger partial charge in [-0.3, -0.25) is 24.6 Å². The van der Waals surface area contributed by atoms with E-state index in [0.29, 0.717) is 28.7 Å². The highest BCUT2D eigenvalue weighted by atomic mass is 32.2. The second-order valence-corrected chi connectivity index (χ2v) is 6.59. The molecule has 9 heteroatoms. The van der Waals surface area contributed by atoms with E-state index in [-0.39, 0.29) is 30.7 Å². The number of imide groups is 1. The number of rotatable bonds is 7. The van der Waals surface area contributed by atoms with Crippen molar-refractivity contribution in [3.63, 3.8) is 0 Å². The molecular formula is C16H17N5O3S. The molecule has 8 nitrogen and oxygen atoms in total. The zero-order valence-corrected chi connectivity index (χ0v) is 14.4. The first-order valence-electron chi connectivity index (χ1n) is 7.90. The number of hydrogen-bond donors (Lipinski definition) is 2. The Morgan fingerprint density at radius 1 is 1.24 bits per heavy atom. The van der Waals surface area contributed by atoms with Crippen molar-refractivity contribution < 1.29 is 14.4 Å². The number of hydrogen-bond acceptors (Lipinski definition) is 6. The Morgan fingerprint density at radius 2 is 1.92 bits per heavy atom. The van der Waals surface area contributed by atoms with E-state index in [1.807, 2.05) is 6.92 Å². The van der Waals surface area contributed by atoms with Gasteiger partial charge in [0.25, 0.3) is 11.8 Å². The van der Waals surface area contributed by atoms with E-state index in [4.69, 9.17) is 0 Å².